The number of imide groups is 1. The highest BCUT2D eigenvalue weighted by atomic mass is 32.2. The summed E-state index contributed by atoms with van der Waals surface area (Å²) in [5.74, 6) is -0.974. The van der Waals surface area contributed by atoms with Crippen LogP contribution >= 0.6 is 11.8 Å². The maximum absolute atomic E-state index is 12.0. The van der Waals surface area contributed by atoms with E-state index in [1.807, 2.05) is 0 Å². The van der Waals surface area contributed by atoms with Crippen LogP contribution in [0.4, 0.5) is 19.3 Å². The fraction of sp³-hybridized carbons (Fsp3) is 0.250. The molecule has 0 spiro atoms. The van der Waals surface area contributed by atoms with Gasteiger partial charge in [0.1, 0.15) is 12.3 Å². The monoisotopic (exact) mass is 316 g/mol. The van der Waals surface area contributed by atoms with E-state index < -0.39 is 23.7 Å². The first-order chi connectivity index (χ1) is 9.95. The summed E-state index contributed by atoms with van der Waals surface area (Å²) in [4.78, 5) is 35.2. The maximum Gasteiger partial charge on any atom is 0.387 e. The average Bonchev–Trinajstić information content (AvgIpc) is 2.72. The summed E-state index contributed by atoms with van der Waals surface area (Å²) in [7, 11) is 0. The lowest BCUT2D eigenvalue weighted by Gasteiger charge is -2.12. The molecular formula is C12H10F2N2O4S. The van der Waals surface area contributed by atoms with E-state index in [0.29, 0.717) is 5.69 Å². The molecule has 1 aromatic carbocycles. The van der Waals surface area contributed by atoms with Crippen molar-refractivity contribution in [3.63, 3.8) is 0 Å². The third-order valence-corrected chi connectivity index (χ3v) is 3.36. The number of benzene rings is 1. The number of anilines is 1. The maximum atomic E-state index is 12.0. The van der Waals surface area contributed by atoms with Crippen molar-refractivity contribution in [3.8, 4) is 5.75 Å². The molecule has 0 saturated carbocycles. The Kier molecular flexibility index (Phi) is 4.73. The van der Waals surface area contributed by atoms with Crippen molar-refractivity contribution in [2.24, 2.45) is 0 Å². The quantitative estimate of drug-likeness (QED) is 0.898. The Labute approximate surface area is 122 Å². The van der Waals surface area contributed by atoms with Gasteiger partial charge in [-0.25, -0.2) is 0 Å². The lowest BCUT2D eigenvalue weighted by molar-refractivity contribution is -0.128. The third-order valence-electron chi connectivity index (χ3n) is 2.51. The summed E-state index contributed by atoms with van der Waals surface area (Å²) in [5, 5.41) is 1.99. The van der Waals surface area contributed by atoms with Crippen molar-refractivity contribution in [3.05, 3.63) is 24.3 Å². The van der Waals surface area contributed by atoms with E-state index in [1.165, 1.54) is 24.3 Å². The Balaban J connectivity index is 1.90. The number of carbonyl (C=O) groups excluding carboxylic acids is 3. The van der Waals surface area contributed by atoms with Gasteiger partial charge in [-0.05, 0) is 24.3 Å². The Morgan fingerprint density at radius 2 is 2.00 bits per heavy atom. The zero-order valence-electron chi connectivity index (χ0n) is 10.5. The number of nitrogens with one attached hydrogen (secondary N) is 1. The second-order valence-electron chi connectivity index (χ2n) is 3.99. The second-order valence-corrected chi connectivity index (χ2v) is 4.91. The van der Waals surface area contributed by atoms with E-state index in [0.717, 1.165) is 16.7 Å². The van der Waals surface area contributed by atoms with E-state index in [9.17, 15) is 23.2 Å². The Morgan fingerprint density at radius 3 is 2.52 bits per heavy atom. The first-order valence-corrected chi connectivity index (χ1v) is 6.76. The number of alkyl halides is 2. The molecule has 112 valence electrons. The van der Waals surface area contributed by atoms with Gasteiger partial charge in [0.05, 0.1) is 5.75 Å². The van der Waals surface area contributed by atoms with Crippen molar-refractivity contribution < 1.29 is 27.9 Å². The van der Waals surface area contributed by atoms with Crippen LogP contribution in [0.5, 0.6) is 5.75 Å². The highest BCUT2D eigenvalue weighted by Crippen LogP contribution is 2.20. The van der Waals surface area contributed by atoms with Crippen LogP contribution in [0.15, 0.2) is 24.3 Å². The molecule has 21 heavy (non-hydrogen) atoms. The van der Waals surface area contributed by atoms with Gasteiger partial charge in [-0.3, -0.25) is 19.3 Å². The van der Waals surface area contributed by atoms with Crippen LogP contribution in [0.1, 0.15) is 0 Å². The molecule has 0 radical (unpaired) electrons. The number of ether oxygens (including phenoxy) is 1. The van der Waals surface area contributed by atoms with Gasteiger partial charge in [-0.2, -0.15) is 8.78 Å². The molecule has 9 heteroatoms. The average molecular weight is 316 g/mol. The van der Waals surface area contributed by atoms with Crippen molar-refractivity contribution in [2.75, 3.05) is 17.6 Å². The first kappa shape index (κ1) is 15.2. The zero-order chi connectivity index (χ0) is 15.4. The molecule has 0 atom stereocenters. The topological polar surface area (TPSA) is 75.7 Å². The summed E-state index contributed by atoms with van der Waals surface area (Å²) >= 11 is 0.839. The van der Waals surface area contributed by atoms with Crippen molar-refractivity contribution in [1.29, 1.82) is 0 Å². The molecule has 2 rings (SSSR count). The number of halogens is 2. The fourth-order valence-corrected chi connectivity index (χ4v) is 2.32. The van der Waals surface area contributed by atoms with Gasteiger partial charge in [-0.1, -0.05) is 11.8 Å². The zero-order valence-corrected chi connectivity index (χ0v) is 11.4. The van der Waals surface area contributed by atoms with Crippen molar-refractivity contribution in [1.82, 2.24) is 4.90 Å². The number of rotatable bonds is 5. The molecule has 0 aromatic heterocycles. The first-order valence-electron chi connectivity index (χ1n) is 5.77. The number of thioether (sulfide) groups is 1. The highest BCUT2D eigenvalue weighted by Gasteiger charge is 2.31. The van der Waals surface area contributed by atoms with Gasteiger partial charge < -0.3 is 10.1 Å². The van der Waals surface area contributed by atoms with E-state index in [1.54, 1.807) is 0 Å². The van der Waals surface area contributed by atoms with Crippen LogP contribution in [0.3, 0.4) is 0 Å². The minimum Gasteiger partial charge on any atom is -0.435 e. The van der Waals surface area contributed by atoms with Crippen LogP contribution in [0.2, 0.25) is 0 Å². The van der Waals surface area contributed by atoms with Gasteiger partial charge in [0, 0.05) is 5.69 Å². The summed E-state index contributed by atoms with van der Waals surface area (Å²) < 4.78 is 28.1. The molecule has 6 nitrogen and oxygen atoms in total. The molecule has 1 saturated heterocycles. The van der Waals surface area contributed by atoms with Gasteiger partial charge in [0.25, 0.3) is 5.24 Å². The predicted molar refractivity (Wildman–Crippen MR) is 71.3 cm³/mol. The molecule has 1 heterocycles. The molecule has 1 N–H and O–H groups in total. The molecule has 1 aliphatic heterocycles. The summed E-state index contributed by atoms with van der Waals surface area (Å²) in [6.45, 7) is -3.30. The number of hydrogen-bond donors (Lipinski definition) is 1. The van der Waals surface area contributed by atoms with Gasteiger partial charge >= 0.3 is 6.61 Å². The molecular weight excluding hydrogens is 306 g/mol. The molecule has 3 amide bonds. The SMILES string of the molecule is O=C(CN1C(=O)CSC1=O)Nc1ccc(OC(F)F)cc1. The van der Waals surface area contributed by atoms with E-state index in [-0.39, 0.29) is 18.0 Å². The number of carbonyl (C=O) groups is 3. The molecule has 0 unspecified atom stereocenters. The lowest BCUT2D eigenvalue weighted by Crippen LogP contribution is -2.36. The van der Waals surface area contributed by atoms with Gasteiger partial charge in [0.15, 0.2) is 0 Å². The lowest BCUT2D eigenvalue weighted by atomic mass is 10.3. The number of nitrogens with zero attached hydrogens (tertiary/aromatic N) is 1. The molecule has 0 bridgehead atoms. The summed E-state index contributed by atoms with van der Waals surface area (Å²) in [5.41, 5.74) is 0.341. The van der Waals surface area contributed by atoms with Crippen molar-refractivity contribution in [2.45, 2.75) is 6.61 Å². The molecule has 1 aliphatic rings. The van der Waals surface area contributed by atoms with E-state index >= 15 is 0 Å². The number of hydrogen-bond acceptors (Lipinski definition) is 5. The Morgan fingerprint density at radius 1 is 1.33 bits per heavy atom. The normalized spacial score (nSPS) is 14.7. The van der Waals surface area contributed by atoms with Gasteiger partial charge in [-0.15, -0.1) is 0 Å². The van der Waals surface area contributed by atoms with Crippen LogP contribution in [-0.4, -0.2) is 40.9 Å². The van der Waals surface area contributed by atoms with Crippen molar-refractivity contribution >= 4 is 34.5 Å². The van der Waals surface area contributed by atoms with Crippen LogP contribution in [-0.2, 0) is 9.59 Å². The third kappa shape index (κ3) is 4.15. The van der Waals surface area contributed by atoms with Crippen LogP contribution in [0.25, 0.3) is 0 Å². The predicted octanol–water partition coefficient (Wildman–Crippen LogP) is 1.92. The number of amides is 3. The minimum atomic E-state index is -2.92. The molecule has 1 aromatic rings. The van der Waals surface area contributed by atoms with Gasteiger partial charge in [0.2, 0.25) is 11.8 Å². The van der Waals surface area contributed by atoms with E-state index in [2.05, 4.69) is 10.1 Å². The molecule has 0 aliphatic carbocycles. The van der Waals surface area contributed by atoms with E-state index in [4.69, 9.17) is 0 Å². The summed E-state index contributed by atoms with van der Waals surface area (Å²) in [6.07, 6.45) is 0. The minimum absolute atomic E-state index is 0.0335. The fourth-order valence-electron chi connectivity index (χ4n) is 1.60. The standard InChI is InChI=1S/C12H10F2N2O4S/c13-11(14)20-8-3-1-7(2-4-8)15-9(17)5-16-10(18)6-21-12(16)19/h1-4,11H,5-6H2,(H,15,17). The smallest absolute Gasteiger partial charge is 0.387 e. The summed E-state index contributed by atoms with van der Waals surface area (Å²) in [6, 6.07) is 5.28. The highest BCUT2D eigenvalue weighted by molar-refractivity contribution is 8.14. The van der Waals surface area contributed by atoms with Crippen LogP contribution < -0.4 is 10.1 Å². The Bertz CT molecular complexity index is 549. The Hall–Kier alpha value is -2.16. The molecule has 1 fully saturated rings. The second kappa shape index (κ2) is 6.53. The van der Waals surface area contributed by atoms with Crippen LogP contribution in [0, 0.1) is 0 Å². The largest absolute Gasteiger partial charge is 0.435 e.